The normalized spacial score (nSPS) is 19.2. The number of aryl methyl sites for hydroxylation is 1. The summed E-state index contributed by atoms with van der Waals surface area (Å²) in [6, 6.07) is 3.47. The van der Waals surface area contributed by atoms with Gasteiger partial charge in [-0.25, -0.2) is 8.78 Å². The third-order valence-corrected chi connectivity index (χ3v) is 6.94. The summed E-state index contributed by atoms with van der Waals surface area (Å²) in [5, 5.41) is 5.06. The number of carbonyl (C=O) groups excluding carboxylic acids is 1. The van der Waals surface area contributed by atoms with E-state index in [0.717, 1.165) is 60.4 Å². The van der Waals surface area contributed by atoms with Crippen molar-refractivity contribution in [1.29, 1.82) is 0 Å². The summed E-state index contributed by atoms with van der Waals surface area (Å²) in [6.45, 7) is 4.85. The van der Waals surface area contributed by atoms with E-state index in [-0.39, 0.29) is 23.2 Å². The molecule has 0 radical (unpaired) electrons. The zero-order valence-corrected chi connectivity index (χ0v) is 18.3. The average Bonchev–Trinajstić information content (AvgIpc) is 3.17. The van der Waals surface area contributed by atoms with Gasteiger partial charge in [0.15, 0.2) is 5.82 Å². The smallest absolute Gasteiger partial charge is 0.265 e. The fourth-order valence-electron chi connectivity index (χ4n) is 5.22. The highest BCUT2D eigenvalue weighted by Crippen LogP contribution is 2.42. The molecule has 0 bridgehead atoms. The van der Waals surface area contributed by atoms with E-state index in [1.807, 2.05) is 4.90 Å². The van der Waals surface area contributed by atoms with Crippen LogP contribution in [0.15, 0.2) is 12.1 Å². The number of alkyl halides is 2. The standard InChI is InChI=1S/C23H29F2N5O2/c1-14(31)28-8-4-20-18(13-28)23(27-30(20)16-5-9-32-10-6-16)29-7-2-3-15-11-19(26)17(22(24)25)12-21(15)29/h11-12,16,22H,2-10,13,26H2,1H3. The van der Waals surface area contributed by atoms with Gasteiger partial charge in [-0.05, 0) is 43.4 Å². The van der Waals surface area contributed by atoms with Gasteiger partial charge in [-0.15, -0.1) is 0 Å². The molecule has 4 heterocycles. The maximum atomic E-state index is 13.6. The van der Waals surface area contributed by atoms with E-state index in [9.17, 15) is 13.6 Å². The zero-order chi connectivity index (χ0) is 22.4. The second-order valence-electron chi connectivity index (χ2n) is 8.89. The number of aromatic nitrogens is 2. The second kappa shape index (κ2) is 8.35. The first-order valence-electron chi connectivity index (χ1n) is 11.4. The first-order chi connectivity index (χ1) is 15.4. The monoisotopic (exact) mass is 445 g/mol. The number of halogens is 2. The maximum Gasteiger partial charge on any atom is 0.265 e. The van der Waals surface area contributed by atoms with Crippen molar-refractivity contribution in [2.75, 3.05) is 36.9 Å². The molecule has 3 aliphatic rings. The van der Waals surface area contributed by atoms with E-state index in [1.54, 1.807) is 13.0 Å². The van der Waals surface area contributed by atoms with Gasteiger partial charge in [0.1, 0.15) is 0 Å². The summed E-state index contributed by atoms with van der Waals surface area (Å²) in [5.74, 6) is 0.815. The molecular weight excluding hydrogens is 416 g/mol. The lowest BCUT2D eigenvalue weighted by Crippen LogP contribution is -2.36. The van der Waals surface area contributed by atoms with Crippen molar-refractivity contribution in [1.82, 2.24) is 14.7 Å². The number of fused-ring (bicyclic) bond motifs is 2. The Bertz CT molecular complexity index is 1030. The summed E-state index contributed by atoms with van der Waals surface area (Å²) in [5.41, 5.74) is 9.81. The highest BCUT2D eigenvalue weighted by atomic mass is 19.3. The van der Waals surface area contributed by atoms with Gasteiger partial charge in [-0.1, -0.05) is 0 Å². The van der Waals surface area contributed by atoms with E-state index >= 15 is 0 Å². The summed E-state index contributed by atoms with van der Waals surface area (Å²) < 4.78 is 34.9. The van der Waals surface area contributed by atoms with Crippen LogP contribution in [0.2, 0.25) is 0 Å². The van der Waals surface area contributed by atoms with Crippen molar-refractivity contribution in [3.63, 3.8) is 0 Å². The number of carbonyl (C=O) groups is 1. The van der Waals surface area contributed by atoms with Gasteiger partial charge in [-0.2, -0.15) is 5.10 Å². The maximum absolute atomic E-state index is 13.6. The number of anilines is 3. The van der Waals surface area contributed by atoms with E-state index in [2.05, 4.69) is 9.58 Å². The van der Waals surface area contributed by atoms with Gasteiger partial charge in [0.05, 0.1) is 12.6 Å². The van der Waals surface area contributed by atoms with E-state index in [1.165, 1.54) is 6.07 Å². The predicted octanol–water partition coefficient (Wildman–Crippen LogP) is 3.74. The van der Waals surface area contributed by atoms with Gasteiger partial charge in [-0.3, -0.25) is 9.48 Å². The quantitative estimate of drug-likeness (QED) is 0.729. The molecule has 1 saturated heterocycles. The summed E-state index contributed by atoms with van der Waals surface area (Å²) in [4.78, 5) is 16.0. The minimum atomic E-state index is -2.63. The molecule has 9 heteroatoms. The number of ether oxygens (including phenoxy) is 1. The second-order valence-corrected chi connectivity index (χ2v) is 8.89. The number of hydrogen-bond acceptors (Lipinski definition) is 5. The van der Waals surface area contributed by atoms with E-state index in [4.69, 9.17) is 15.6 Å². The average molecular weight is 446 g/mol. The Balaban J connectivity index is 1.62. The number of rotatable bonds is 3. The van der Waals surface area contributed by atoms with Gasteiger partial charge in [0, 0.05) is 67.8 Å². The predicted molar refractivity (Wildman–Crippen MR) is 117 cm³/mol. The van der Waals surface area contributed by atoms with Crippen LogP contribution >= 0.6 is 0 Å². The Kier molecular flexibility index (Phi) is 5.53. The number of hydrogen-bond donors (Lipinski definition) is 1. The molecule has 0 aliphatic carbocycles. The summed E-state index contributed by atoms with van der Waals surface area (Å²) >= 11 is 0. The molecule has 1 aromatic carbocycles. The first-order valence-corrected chi connectivity index (χ1v) is 11.4. The lowest BCUT2D eigenvalue weighted by molar-refractivity contribution is -0.129. The van der Waals surface area contributed by atoms with Crippen LogP contribution < -0.4 is 10.6 Å². The highest BCUT2D eigenvalue weighted by Gasteiger charge is 2.33. The molecule has 2 aromatic rings. The number of nitrogens with zero attached hydrogens (tertiary/aromatic N) is 4. The van der Waals surface area contributed by atoms with Crippen LogP contribution in [0.1, 0.15) is 61.0 Å². The minimum Gasteiger partial charge on any atom is -0.398 e. The molecule has 1 fully saturated rings. The number of amides is 1. The SMILES string of the molecule is CC(=O)N1CCc2c(c(N3CCCc4cc(N)c(C(F)F)cc43)nn2C2CCOCC2)C1. The van der Waals surface area contributed by atoms with Gasteiger partial charge in [0.2, 0.25) is 5.91 Å². The zero-order valence-electron chi connectivity index (χ0n) is 18.3. The van der Waals surface area contributed by atoms with Crippen molar-refractivity contribution < 1.29 is 18.3 Å². The van der Waals surface area contributed by atoms with Crippen molar-refractivity contribution in [3.8, 4) is 0 Å². The molecule has 3 aliphatic heterocycles. The number of benzene rings is 1. The Hall–Kier alpha value is -2.68. The van der Waals surface area contributed by atoms with Crippen molar-refractivity contribution in [2.24, 2.45) is 0 Å². The van der Waals surface area contributed by atoms with Crippen LogP contribution in [-0.4, -0.2) is 46.9 Å². The fraction of sp³-hybridized carbons (Fsp3) is 0.565. The van der Waals surface area contributed by atoms with Crippen LogP contribution in [0, 0.1) is 0 Å². The first kappa shape index (κ1) is 21.2. The van der Waals surface area contributed by atoms with Crippen molar-refractivity contribution in [3.05, 3.63) is 34.5 Å². The molecule has 0 atom stereocenters. The van der Waals surface area contributed by atoms with E-state index in [0.29, 0.717) is 32.8 Å². The van der Waals surface area contributed by atoms with Crippen molar-refractivity contribution in [2.45, 2.75) is 58.0 Å². The van der Waals surface area contributed by atoms with Gasteiger partial charge >= 0.3 is 0 Å². The third kappa shape index (κ3) is 3.62. The Morgan fingerprint density at radius 1 is 1.22 bits per heavy atom. The molecule has 172 valence electrons. The third-order valence-electron chi connectivity index (χ3n) is 6.94. The van der Waals surface area contributed by atoms with Gasteiger partial charge < -0.3 is 20.3 Å². The van der Waals surface area contributed by atoms with Crippen molar-refractivity contribution >= 4 is 23.1 Å². The van der Waals surface area contributed by atoms with Crippen LogP contribution in [0.25, 0.3) is 0 Å². The summed E-state index contributed by atoms with van der Waals surface area (Å²) in [6.07, 6.45) is 1.58. The molecule has 32 heavy (non-hydrogen) atoms. The molecule has 7 nitrogen and oxygen atoms in total. The topological polar surface area (TPSA) is 76.6 Å². The van der Waals surface area contributed by atoms with Crippen LogP contribution in [0.5, 0.6) is 0 Å². The Morgan fingerprint density at radius 2 is 2.00 bits per heavy atom. The number of nitrogens with two attached hydrogens (primary N) is 1. The highest BCUT2D eigenvalue weighted by molar-refractivity contribution is 5.76. The molecule has 5 rings (SSSR count). The molecule has 0 saturated carbocycles. The fourth-order valence-corrected chi connectivity index (χ4v) is 5.22. The lowest BCUT2D eigenvalue weighted by Gasteiger charge is -2.33. The molecule has 0 spiro atoms. The minimum absolute atomic E-state index is 0.0345. The Labute approximate surface area is 186 Å². The number of nitrogen functional groups attached to an aromatic ring is 1. The molecule has 1 amide bonds. The largest absolute Gasteiger partial charge is 0.398 e. The Morgan fingerprint density at radius 3 is 2.72 bits per heavy atom. The molecule has 2 N–H and O–H groups in total. The molecule has 1 aromatic heterocycles. The lowest BCUT2D eigenvalue weighted by atomic mass is 9.97. The van der Waals surface area contributed by atoms with E-state index < -0.39 is 6.43 Å². The van der Waals surface area contributed by atoms with Gasteiger partial charge in [0.25, 0.3) is 6.43 Å². The van der Waals surface area contributed by atoms with Crippen LogP contribution in [0.3, 0.4) is 0 Å². The molecular formula is C23H29F2N5O2. The van der Waals surface area contributed by atoms with Crippen LogP contribution in [0.4, 0.5) is 26.0 Å². The molecule has 0 unspecified atom stereocenters. The van der Waals surface area contributed by atoms with Crippen LogP contribution in [-0.2, 0) is 28.9 Å². The summed E-state index contributed by atoms with van der Waals surface area (Å²) in [7, 11) is 0.